The first kappa shape index (κ1) is 21.6. The molecule has 1 saturated heterocycles. The van der Waals surface area contributed by atoms with Gasteiger partial charge in [-0.05, 0) is 25.3 Å². The molecule has 1 fully saturated rings. The zero-order valence-electron chi connectivity index (χ0n) is 17.0. The third-order valence-electron chi connectivity index (χ3n) is 5.05. The number of rotatable bonds is 9. The normalized spacial score (nSPS) is 16.6. The van der Waals surface area contributed by atoms with E-state index < -0.39 is 11.6 Å². The summed E-state index contributed by atoms with van der Waals surface area (Å²) in [5.74, 6) is -0.745. The summed E-state index contributed by atoms with van der Waals surface area (Å²) in [5, 5.41) is 5.59. The first-order valence-electron chi connectivity index (χ1n) is 9.78. The van der Waals surface area contributed by atoms with Gasteiger partial charge in [-0.3, -0.25) is 19.3 Å². The Morgan fingerprint density at radius 2 is 1.68 bits per heavy atom. The molecule has 0 aromatic heterocycles. The molecule has 1 aromatic rings. The van der Waals surface area contributed by atoms with Crippen molar-refractivity contribution in [3.8, 4) is 0 Å². The van der Waals surface area contributed by atoms with Crippen molar-refractivity contribution >= 4 is 23.6 Å². The van der Waals surface area contributed by atoms with E-state index in [2.05, 4.69) is 10.6 Å². The Balaban J connectivity index is 2.10. The van der Waals surface area contributed by atoms with Gasteiger partial charge in [-0.1, -0.05) is 51.0 Å². The molecule has 0 bridgehead atoms. The molecule has 1 atom stereocenters. The lowest BCUT2D eigenvalue weighted by Gasteiger charge is -2.25. The lowest BCUT2D eigenvalue weighted by atomic mass is 9.88. The molecular formula is C21H29N3O4. The standard InChI is InChI=1S/C21H29N3O4/c1-5-11-21(12-6-2)19(27)24(20(28)23-21)13-18(26)17-9-7-16(8-10-17)14(3)22-15(4)25/h7-10,14H,5-6,11-13H2,1-4H3,(H,22,25)(H,23,28). The van der Waals surface area contributed by atoms with Crippen LogP contribution in [-0.2, 0) is 9.59 Å². The van der Waals surface area contributed by atoms with Gasteiger partial charge in [0.25, 0.3) is 5.91 Å². The van der Waals surface area contributed by atoms with E-state index in [-0.39, 0.29) is 30.2 Å². The number of carbonyl (C=O) groups is 4. The molecule has 0 radical (unpaired) electrons. The van der Waals surface area contributed by atoms with Crippen molar-refractivity contribution in [3.63, 3.8) is 0 Å². The second kappa shape index (κ2) is 8.99. The second-order valence-corrected chi connectivity index (χ2v) is 7.37. The fourth-order valence-corrected chi connectivity index (χ4v) is 3.72. The minimum absolute atomic E-state index is 0.131. The van der Waals surface area contributed by atoms with Gasteiger partial charge in [-0.15, -0.1) is 0 Å². The topological polar surface area (TPSA) is 95.6 Å². The fourth-order valence-electron chi connectivity index (χ4n) is 3.72. The molecule has 1 aliphatic rings. The maximum Gasteiger partial charge on any atom is 0.325 e. The number of imide groups is 1. The molecule has 2 rings (SSSR count). The van der Waals surface area contributed by atoms with Gasteiger partial charge in [-0.25, -0.2) is 4.79 Å². The quantitative estimate of drug-likeness (QED) is 0.503. The summed E-state index contributed by atoms with van der Waals surface area (Å²) >= 11 is 0. The molecule has 2 N–H and O–H groups in total. The third kappa shape index (κ3) is 4.58. The first-order chi connectivity index (χ1) is 13.2. The molecule has 1 unspecified atom stereocenters. The predicted octanol–water partition coefficient (Wildman–Crippen LogP) is 2.96. The van der Waals surface area contributed by atoms with Crippen molar-refractivity contribution in [2.45, 2.75) is 65.0 Å². The average molecular weight is 387 g/mol. The number of benzene rings is 1. The van der Waals surface area contributed by atoms with Gasteiger partial charge in [0, 0.05) is 12.5 Å². The zero-order chi connectivity index (χ0) is 20.9. The summed E-state index contributed by atoms with van der Waals surface area (Å²) in [7, 11) is 0. The van der Waals surface area contributed by atoms with Gasteiger partial charge in [0.2, 0.25) is 5.91 Å². The van der Waals surface area contributed by atoms with Crippen molar-refractivity contribution in [1.29, 1.82) is 0 Å². The molecule has 4 amide bonds. The minimum atomic E-state index is -0.890. The van der Waals surface area contributed by atoms with Crippen LogP contribution in [0.4, 0.5) is 4.79 Å². The van der Waals surface area contributed by atoms with E-state index in [1.54, 1.807) is 24.3 Å². The van der Waals surface area contributed by atoms with Gasteiger partial charge in [0.15, 0.2) is 5.78 Å². The van der Waals surface area contributed by atoms with Gasteiger partial charge < -0.3 is 10.6 Å². The molecule has 7 heteroatoms. The Labute approximate surface area is 165 Å². The number of ketones is 1. The van der Waals surface area contributed by atoms with Crippen LogP contribution in [0.5, 0.6) is 0 Å². The molecule has 1 heterocycles. The van der Waals surface area contributed by atoms with Crippen molar-refractivity contribution in [3.05, 3.63) is 35.4 Å². The Bertz CT molecular complexity index is 751. The Hall–Kier alpha value is -2.70. The lowest BCUT2D eigenvalue weighted by molar-refractivity contribution is -0.131. The highest BCUT2D eigenvalue weighted by molar-refractivity contribution is 6.11. The van der Waals surface area contributed by atoms with Gasteiger partial charge >= 0.3 is 6.03 Å². The van der Waals surface area contributed by atoms with Crippen molar-refractivity contribution < 1.29 is 19.2 Å². The Kier molecular flexibility index (Phi) is 6.94. The maximum absolute atomic E-state index is 12.9. The smallest absolute Gasteiger partial charge is 0.325 e. The molecule has 28 heavy (non-hydrogen) atoms. The molecule has 7 nitrogen and oxygen atoms in total. The minimum Gasteiger partial charge on any atom is -0.350 e. The first-order valence-corrected chi connectivity index (χ1v) is 9.78. The number of hydrogen-bond donors (Lipinski definition) is 2. The summed E-state index contributed by atoms with van der Waals surface area (Å²) in [5.41, 5.74) is 0.396. The zero-order valence-corrected chi connectivity index (χ0v) is 17.0. The highest BCUT2D eigenvalue weighted by atomic mass is 16.2. The lowest BCUT2D eigenvalue weighted by Crippen LogP contribution is -2.47. The van der Waals surface area contributed by atoms with Crippen molar-refractivity contribution in [2.24, 2.45) is 0 Å². The summed E-state index contributed by atoms with van der Waals surface area (Å²) < 4.78 is 0. The molecule has 1 aliphatic heterocycles. The van der Waals surface area contributed by atoms with Crippen molar-refractivity contribution in [2.75, 3.05) is 6.54 Å². The molecule has 152 valence electrons. The van der Waals surface area contributed by atoms with E-state index in [1.807, 2.05) is 20.8 Å². The molecule has 1 aromatic carbocycles. The van der Waals surface area contributed by atoms with Crippen LogP contribution in [0.15, 0.2) is 24.3 Å². The van der Waals surface area contributed by atoms with Crippen LogP contribution in [0.1, 0.15) is 75.3 Å². The van der Waals surface area contributed by atoms with Crippen LogP contribution in [0.25, 0.3) is 0 Å². The van der Waals surface area contributed by atoms with Crippen LogP contribution in [0.2, 0.25) is 0 Å². The Morgan fingerprint density at radius 1 is 1.11 bits per heavy atom. The van der Waals surface area contributed by atoms with Gasteiger partial charge in [0.05, 0.1) is 12.6 Å². The number of amides is 4. The summed E-state index contributed by atoms with van der Waals surface area (Å²) in [6.07, 6.45) is 2.65. The van der Waals surface area contributed by atoms with Crippen LogP contribution in [-0.4, -0.2) is 40.6 Å². The maximum atomic E-state index is 12.9. The second-order valence-electron chi connectivity index (χ2n) is 7.37. The number of carbonyl (C=O) groups excluding carboxylic acids is 4. The summed E-state index contributed by atoms with van der Waals surface area (Å²) in [4.78, 5) is 50.1. The summed E-state index contributed by atoms with van der Waals surface area (Å²) in [6, 6.07) is 6.16. The largest absolute Gasteiger partial charge is 0.350 e. The monoisotopic (exact) mass is 387 g/mol. The number of Topliss-reactive ketones (excluding diaryl/α,β-unsaturated/α-hetero) is 1. The van der Waals surface area contributed by atoms with Crippen LogP contribution in [0.3, 0.4) is 0 Å². The molecular weight excluding hydrogens is 358 g/mol. The number of nitrogens with zero attached hydrogens (tertiary/aromatic N) is 1. The molecule has 0 aliphatic carbocycles. The average Bonchev–Trinajstić information content (AvgIpc) is 2.86. The number of hydrogen-bond acceptors (Lipinski definition) is 4. The van der Waals surface area contributed by atoms with Crippen LogP contribution >= 0.6 is 0 Å². The van der Waals surface area contributed by atoms with Crippen LogP contribution < -0.4 is 10.6 Å². The number of urea groups is 1. The van der Waals surface area contributed by atoms with E-state index >= 15 is 0 Å². The Morgan fingerprint density at radius 3 is 2.18 bits per heavy atom. The van der Waals surface area contributed by atoms with E-state index in [4.69, 9.17) is 0 Å². The SMILES string of the molecule is CCCC1(CCC)NC(=O)N(CC(=O)c2ccc(C(C)NC(C)=O)cc2)C1=O. The van der Waals surface area contributed by atoms with Gasteiger partial charge in [-0.2, -0.15) is 0 Å². The van der Waals surface area contributed by atoms with E-state index in [9.17, 15) is 19.2 Å². The third-order valence-corrected chi connectivity index (χ3v) is 5.05. The highest BCUT2D eigenvalue weighted by Crippen LogP contribution is 2.28. The molecule has 0 spiro atoms. The van der Waals surface area contributed by atoms with E-state index in [0.29, 0.717) is 18.4 Å². The highest BCUT2D eigenvalue weighted by Gasteiger charge is 2.50. The number of nitrogens with one attached hydrogen (secondary N) is 2. The van der Waals surface area contributed by atoms with Crippen molar-refractivity contribution in [1.82, 2.24) is 15.5 Å². The summed E-state index contributed by atoms with van der Waals surface area (Å²) in [6.45, 7) is 6.96. The predicted molar refractivity (Wildman–Crippen MR) is 106 cm³/mol. The van der Waals surface area contributed by atoms with Gasteiger partial charge in [0.1, 0.15) is 5.54 Å². The van der Waals surface area contributed by atoms with E-state index in [0.717, 1.165) is 23.3 Å². The van der Waals surface area contributed by atoms with E-state index in [1.165, 1.54) is 6.92 Å². The fraction of sp³-hybridized carbons (Fsp3) is 0.524. The van der Waals surface area contributed by atoms with Crippen LogP contribution in [0, 0.1) is 0 Å². The molecule has 0 saturated carbocycles.